The molecule has 0 saturated carbocycles. The highest BCUT2D eigenvalue weighted by atomic mass is 32.2. The summed E-state index contributed by atoms with van der Waals surface area (Å²) in [5.74, 6) is 0.446. The number of hydrogen-bond donors (Lipinski definition) is 0. The fourth-order valence-corrected chi connectivity index (χ4v) is 5.64. The van der Waals surface area contributed by atoms with Gasteiger partial charge in [0.15, 0.2) is 10.6 Å². The van der Waals surface area contributed by atoms with Gasteiger partial charge in [-0.3, -0.25) is 9.59 Å². The summed E-state index contributed by atoms with van der Waals surface area (Å²) in [5, 5.41) is 9.20. The fraction of sp³-hybridized carbons (Fsp3) is 0.174. The third-order valence-electron chi connectivity index (χ3n) is 5.47. The first-order valence-corrected chi connectivity index (χ1v) is 10.5. The molecular weight excluding hydrogens is 398 g/mol. The molecule has 6 nitrogen and oxygen atoms in total. The maximum atomic E-state index is 13.8. The third kappa shape index (κ3) is 2.65. The van der Waals surface area contributed by atoms with Crippen LogP contribution in [0.25, 0.3) is 0 Å². The number of nitrogens with zero attached hydrogens (tertiary/aromatic N) is 3. The summed E-state index contributed by atoms with van der Waals surface area (Å²) >= 11 is 1.48. The van der Waals surface area contributed by atoms with E-state index in [1.54, 1.807) is 34.1 Å². The van der Waals surface area contributed by atoms with Crippen LogP contribution in [0.3, 0.4) is 0 Å². The van der Waals surface area contributed by atoms with Crippen LogP contribution in [0.4, 0.5) is 5.69 Å². The molecule has 2 aliphatic heterocycles. The molecule has 2 aliphatic rings. The maximum absolute atomic E-state index is 13.8. The van der Waals surface area contributed by atoms with Crippen molar-refractivity contribution in [3.05, 3.63) is 89.4 Å². The van der Waals surface area contributed by atoms with Crippen molar-refractivity contribution < 1.29 is 14.0 Å². The van der Waals surface area contributed by atoms with Crippen LogP contribution in [0.15, 0.2) is 71.3 Å². The maximum Gasteiger partial charge on any atom is 0.291 e. The van der Waals surface area contributed by atoms with Crippen LogP contribution in [0.1, 0.15) is 27.2 Å². The Morgan fingerprint density at radius 2 is 2.03 bits per heavy atom. The molecule has 3 heterocycles. The first-order chi connectivity index (χ1) is 14.6. The molecule has 0 unspecified atom stereocenters. The Balaban J connectivity index is 1.58. The number of fused-ring (bicyclic) bond motifs is 2. The van der Waals surface area contributed by atoms with Gasteiger partial charge in [0, 0.05) is 17.9 Å². The molecule has 5 rings (SSSR count). The van der Waals surface area contributed by atoms with E-state index in [-0.39, 0.29) is 17.6 Å². The zero-order valence-electron chi connectivity index (χ0n) is 15.9. The number of para-hydroxylation sites is 1. The van der Waals surface area contributed by atoms with E-state index in [0.717, 1.165) is 16.8 Å². The van der Waals surface area contributed by atoms with Gasteiger partial charge in [0.05, 0.1) is 30.1 Å². The Kier molecular flexibility index (Phi) is 4.37. The lowest BCUT2D eigenvalue weighted by molar-refractivity contribution is -0.123. The number of carbonyl (C=O) groups is 2. The molecule has 3 aromatic rings. The van der Waals surface area contributed by atoms with Crippen LogP contribution < -0.4 is 4.90 Å². The van der Waals surface area contributed by atoms with Crippen molar-refractivity contribution in [2.45, 2.75) is 11.4 Å². The van der Waals surface area contributed by atoms with Gasteiger partial charge >= 0.3 is 0 Å². The molecule has 2 aromatic carbocycles. The normalized spacial score (nSPS) is 19.9. The first-order valence-electron chi connectivity index (χ1n) is 9.55. The van der Waals surface area contributed by atoms with Gasteiger partial charge in [-0.05, 0) is 35.9 Å². The van der Waals surface area contributed by atoms with E-state index in [1.807, 2.05) is 36.4 Å². The van der Waals surface area contributed by atoms with Gasteiger partial charge in [0.2, 0.25) is 0 Å². The predicted molar refractivity (Wildman–Crippen MR) is 113 cm³/mol. The van der Waals surface area contributed by atoms with Crippen LogP contribution in [0, 0.1) is 11.3 Å². The van der Waals surface area contributed by atoms with Gasteiger partial charge in [-0.25, -0.2) is 0 Å². The number of thioether (sulfide) groups is 1. The summed E-state index contributed by atoms with van der Waals surface area (Å²) in [4.78, 5) is 29.3. The fourth-order valence-electron chi connectivity index (χ4n) is 4.18. The molecule has 1 saturated heterocycles. The predicted octanol–water partition coefficient (Wildman–Crippen LogP) is 3.74. The zero-order chi connectivity index (χ0) is 20.7. The standard InChI is InChI=1S/C23H17N3O3S/c24-14-16-5-3-6-17(13-16)15-25-19-8-2-1-7-18(19)23(22(25)28)26(10-12-30-23)21(27)20-9-4-11-29-20/h1-9,11,13H,10,12,15H2/t23-/m1/s1. The van der Waals surface area contributed by atoms with Crippen molar-refractivity contribution >= 4 is 29.3 Å². The Hall–Kier alpha value is -3.50. The number of furan rings is 1. The van der Waals surface area contributed by atoms with E-state index in [2.05, 4.69) is 6.07 Å². The molecule has 30 heavy (non-hydrogen) atoms. The lowest BCUT2D eigenvalue weighted by Gasteiger charge is -2.32. The minimum Gasteiger partial charge on any atom is -0.459 e. The SMILES string of the molecule is N#Cc1cccc(CN2C(=O)[C@]3(SCCN3C(=O)c3ccco3)c3ccccc32)c1. The van der Waals surface area contributed by atoms with Crippen LogP contribution in [-0.2, 0) is 16.2 Å². The highest BCUT2D eigenvalue weighted by Gasteiger charge is 2.59. The highest BCUT2D eigenvalue weighted by molar-refractivity contribution is 8.01. The second kappa shape index (κ2) is 7.08. The van der Waals surface area contributed by atoms with Crippen molar-refractivity contribution in [2.75, 3.05) is 17.2 Å². The van der Waals surface area contributed by atoms with Gasteiger partial charge in [0.25, 0.3) is 11.8 Å². The first kappa shape index (κ1) is 18.5. The van der Waals surface area contributed by atoms with E-state index in [9.17, 15) is 14.9 Å². The smallest absolute Gasteiger partial charge is 0.291 e. The minimum atomic E-state index is -1.10. The van der Waals surface area contributed by atoms with Crippen LogP contribution in [-0.4, -0.2) is 29.0 Å². The average Bonchev–Trinajstić information content (AvgIpc) is 3.51. The number of rotatable bonds is 3. The second-order valence-corrected chi connectivity index (χ2v) is 8.43. The van der Waals surface area contributed by atoms with Crippen molar-refractivity contribution in [3.8, 4) is 6.07 Å². The highest BCUT2D eigenvalue weighted by Crippen LogP contribution is 2.54. The molecule has 148 valence electrons. The molecule has 1 fully saturated rings. The quantitative estimate of drug-likeness (QED) is 0.651. The van der Waals surface area contributed by atoms with E-state index in [0.29, 0.717) is 24.4 Å². The summed E-state index contributed by atoms with van der Waals surface area (Å²) in [7, 11) is 0. The Labute approximate surface area is 177 Å². The lowest BCUT2D eigenvalue weighted by Crippen LogP contribution is -2.50. The summed E-state index contributed by atoms with van der Waals surface area (Å²) in [6.07, 6.45) is 1.46. The number of carbonyl (C=O) groups excluding carboxylic acids is 2. The largest absolute Gasteiger partial charge is 0.459 e. The monoisotopic (exact) mass is 415 g/mol. The van der Waals surface area contributed by atoms with E-state index in [4.69, 9.17) is 4.42 Å². The van der Waals surface area contributed by atoms with Gasteiger partial charge < -0.3 is 14.2 Å². The molecule has 1 atom stereocenters. The van der Waals surface area contributed by atoms with E-state index < -0.39 is 4.87 Å². The van der Waals surface area contributed by atoms with Gasteiger partial charge in [-0.2, -0.15) is 5.26 Å². The summed E-state index contributed by atoms with van der Waals surface area (Å²) in [5.41, 5.74) is 3.01. The van der Waals surface area contributed by atoms with E-state index in [1.165, 1.54) is 18.0 Å². The van der Waals surface area contributed by atoms with E-state index >= 15 is 0 Å². The number of nitriles is 1. The second-order valence-electron chi connectivity index (χ2n) is 7.15. The molecular formula is C23H17N3O3S. The van der Waals surface area contributed by atoms with Crippen LogP contribution >= 0.6 is 11.8 Å². The molecule has 0 bridgehead atoms. The molecule has 1 aromatic heterocycles. The van der Waals surface area contributed by atoms with Gasteiger partial charge in [0.1, 0.15) is 0 Å². The molecule has 1 spiro atoms. The Morgan fingerprint density at radius 1 is 1.17 bits per heavy atom. The number of anilines is 1. The van der Waals surface area contributed by atoms with Gasteiger partial charge in [-0.15, -0.1) is 11.8 Å². The lowest BCUT2D eigenvalue weighted by atomic mass is 10.1. The number of amides is 2. The third-order valence-corrected chi connectivity index (χ3v) is 6.89. The van der Waals surface area contributed by atoms with Crippen LogP contribution in [0.2, 0.25) is 0 Å². The van der Waals surface area contributed by atoms with Crippen molar-refractivity contribution in [2.24, 2.45) is 0 Å². The molecule has 7 heteroatoms. The summed E-state index contributed by atoms with van der Waals surface area (Å²) in [6, 6.07) is 20.3. The molecule has 2 amide bonds. The summed E-state index contributed by atoms with van der Waals surface area (Å²) < 4.78 is 5.33. The Morgan fingerprint density at radius 3 is 2.83 bits per heavy atom. The van der Waals surface area contributed by atoms with Crippen molar-refractivity contribution in [1.82, 2.24) is 4.90 Å². The molecule has 0 radical (unpaired) electrons. The topological polar surface area (TPSA) is 77.5 Å². The van der Waals surface area contributed by atoms with Crippen LogP contribution in [0.5, 0.6) is 0 Å². The Bertz CT molecular complexity index is 1180. The molecule has 0 N–H and O–H groups in total. The number of hydrogen-bond acceptors (Lipinski definition) is 5. The zero-order valence-corrected chi connectivity index (χ0v) is 16.8. The average molecular weight is 415 g/mol. The van der Waals surface area contributed by atoms with Crippen molar-refractivity contribution in [1.29, 1.82) is 5.26 Å². The minimum absolute atomic E-state index is 0.145. The summed E-state index contributed by atoms with van der Waals surface area (Å²) in [6.45, 7) is 0.790. The number of benzene rings is 2. The van der Waals surface area contributed by atoms with Gasteiger partial charge in [-0.1, -0.05) is 30.3 Å². The van der Waals surface area contributed by atoms with Crippen molar-refractivity contribution in [3.63, 3.8) is 0 Å². The molecule has 0 aliphatic carbocycles.